The highest BCUT2D eigenvalue weighted by atomic mass is 16.2. The number of ketones is 2. The molecule has 0 aliphatic carbocycles. The third kappa shape index (κ3) is 1.21. The van der Waals surface area contributed by atoms with Crippen molar-refractivity contribution < 1.29 is 14.4 Å². The largest absolute Gasteiger partial charge is 0.349 e. The zero-order valence-electron chi connectivity index (χ0n) is 5.35. The highest BCUT2D eigenvalue weighted by Gasteiger charge is 2.24. The molecule has 1 aliphatic heterocycles. The highest BCUT2D eigenvalue weighted by Crippen LogP contribution is 1.95. The van der Waals surface area contributed by atoms with E-state index < -0.39 is 17.5 Å². The molecule has 0 bridgehead atoms. The van der Waals surface area contributed by atoms with E-state index in [1.54, 1.807) is 0 Å². The SMILES string of the molecule is O=C1CCCNC(=O)C1=O. The molecule has 1 heterocycles. The molecule has 0 aromatic carbocycles. The van der Waals surface area contributed by atoms with Gasteiger partial charge in [-0.3, -0.25) is 14.4 Å². The molecule has 0 saturated carbocycles. The van der Waals surface area contributed by atoms with Crippen molar-refractivity contribution in [1.82, 2.24) is 5.32 Å². The average Bonchev–Trinajstić information content (AvgIpc) is 2.04. The van der Waals surface area contributed by atoms with Gasteiger partial charge in [0.1, 0.15) is 0 Å². The van der Waals surface area contributed by atoms with Crippen LogP contribution in [-0.2, 0) is 14.4 Å². The summed E-state index contributed by atoms with van der Waals surface area (Å²) in [6, 6.07) is 0. The lowest BCUT2D eigenvalue weighted by Crippen LogP contribution is -2.32. The van der Waals surface area contributed by atoms with Gasteiger partial charge >= 0.3 is 0 Å². The van der Waals surface area contributed by atoms with Gasteiger partial charge in [0, 0.05) is 13.0 Å². The summed E-state index contributed by atoms with van der Waals surface area (Å²) in [5, 5.41) is 2.32. The summed E-state index contributed by atoms with van der Waals surface area (Å²) < 4.78 is 0. The molecule has 0 radical (unpaired) electrons. The van der Waals surface area contributed by atoms with E-state index in [0.29, 0.717) is 13.0 Å². The fraction of sp³-hybridized carbons (Fsp3) is 0.500. The number of nitrogens with one attached hydrogen (secondary N) is 1. The number of hydrogen-bond acceptors (Lipinski definition) is 3. The lowest BCUT2D eigenvalue weighted by molar-refractivity contribution is -0.144. The molecule has 4 nitrogen and oxygen atoms in total. The summed E-state index contributed by atoms with van der Waals surface area (Å²) in [7, 11) is 0. The molecule has 10 heavy (non-hydrogen) atoms. The molecule has 1 rings (SSSR count). The molecule has 0 spiro atoms. The van der Waals surface area contributed by atoms with Crippen molar-refractivity contribution in [3.63, 3.8) is 0 Å². The van der Waals surface area contributed by atoms with Gasteiger partial charge in [0.05, 0.1) is 0 Å². The summed E-state index contributed by atoms with van der Waals surface area (Å²) in [5.74, 6) is -2.24. The van der Waals surface area contributed by atoms with Gasteiger partial charge < -0.3 is 5.32 Å². The van der Waals surface area contributed by atoms with Crippen molar-refractivity contribution in [3.05, 3.63) is 0 Å². The molecule has 1 amide bonds. The summed E-state index contributed by atoms with van der Waals surface area (Å²) in [6.07, 6.45) is 0.758. The molecule has 54 valence electrons. The van der Waals surface area contributed by atoms with E-state index in [4.69, 9.17) is 0 Å². The quantitative estimate of drug-likeness (QED) is 0.442. The Morgan fingerprint density at radius 1 is 1.20 bits per heavy atom. The molecule has 4 heteroatoms. The second-order valence-corrected chi connectivity index (χ2v) is 2.11. The molecule has 1 fully saturated rings. The van der Waals surface area contributed by atoms with Gasteiger partial charge in [0.15, 0.2) is 0 Å². The fourth-order valence-electron chi connectivity index (χ4n) is 0.771. The van der Waals surface area contributed by atoms with Crippen molar-refractivity contribution >= 4 is 17.5 Å². The van der Waals surface area contributed by atoms with Crippen LogP contribution < -0.4 is 5.32 Å². The van der Waals surface area contributed by atoms with Gasteiger partial charge in [-0.25, -0.2) is 0 Å². The first kappa shape index (κ1) is 6.92. The minimum atomic E-state index is -0.905. The van der Waals surface area contributed by atoms with E-state index in [9.17, 15) is 14.4 Å². The Bertz CT molecular complexity index is 177. The van der Waals surface area contributed by atoms with Crippen molar-refractivity contribution in [1.29, 1.82) is 0 Å². The standard InChI is InChI=1S/C6H7NO3/c8-4-2-1-3-7-6(10)5(4)9/h1-3H2,(H,7,10). The molecule has 1 N–H and O–H groups in total. The van der Waals surface area contributed by atoms with Gasteiger partial charge in [-0.1, -0.05) is 0 Å². The monoisotopic (exact) mass is 141 g/mol. The molecular weight excluding hydrogens is 134 g/mol. The summed E-state index contributed by atoms with van der Waals surface area (Å²) in [5.41, 5.74) is 0. The second kappa shape index (κ2) is 2.60. The smallest absolute Gasteiger partial charge is 0.295 e. The first-order valence-corrected chi connectivity index (χ1v) is 3.07. The Balaban J connectivity index is 2.74. The maximum atomic E-state index is 10.6. The Labute approximate surface area is 57.6 Å². The van der Waals surface area contributed by atoms with Crippen LogP contribution in [0.1, 0.15) is 12.8 Å². The van der Waals surface area contributed by atoms with E-state index in [2.05, 4.69) is 5.32 Å². The first-order chi connectivity index (χ1) is 4.72. The minimum Gasteiger partial charge on any atom is -0.349 e. The zero-order chi connectivity index (χ0) is 7.56. The van der Waals surface area contributed by atoms with Crippen LogP contribution in [0.5, 0.6) is 0 Å². The predicted octanol–water partition coefficient (Wildman–Crippen LogP) is -0.965. The summed E-state index contributed by atoms with van der Waals surface area (Å²) in [6.45, 7) is 0.427. The Morgan fingerprint density at radius 2 is 1.90 bits per heavy atom. The predicted molar refractivity (Wildman–Crippen MR) is 32.3 cm³/mol. The topological polar surface area (TPSA) is 63.2 Å². The minimum absolute atomic E-state index is 0.192. The lowest BCUT2D eigenvalue weighted by Gasteiger charge is -1.92. The highest BCUT2D eigenvalue weighted by molar-refractivity contribution is 6.63. The summed E-state index contributed by atoms with van der Waals surface area (Å²) in [4.78, 5) is 31.7. The van der Waals surface area contributed by atoms with Crippen LogP contribution in [0.15, 0.2) is 0 Å². The number of Topliss-reactive ketones (excluding diaryl/α,β-unsaturated/α-hetero) is 2. The van der Waals surface area contributed by atoms with Crippen LogP contribution in [0.3, 0.4) is 0 Å². The van der Waals surface area contributed by atoms with Crippen molar-refractivity contribution in [2.45, 2.75) is 12.8 Å². The van der Waals surface area contributed by atoms with Gasteiger partial charge in [-0.15, -0.1) is 0 Å². The normalized spacial score (nSPS) is 20.2. The van der Waals surface area contributed by atoms with E-state index in [1.807, 2.05) is 0 Å². The number of carbonyl (C=O) groups is 3. The van der Waals surface area contributed by atoms with E-state index >= 15 is 0 Å². The molecule has 0 atom stereocenters. The molecule has 0 aromatic rings. The van der Waals surface area contributed by atoms with Gasteiger partial charge in [-0.2, -0.15) is 0 Å². The number of hydrogen-bond donors (Lipinski definition) is 1. The maximum absolute atomic E-state index is 10.6. The summed E-state index contributed by atoms with van der Waals surface area (Å²) >= 11 is 0. The van der Waals surface area contributed by atoms with Crippen molar-refractivity contribution in [2.24, 2.45) is 0 Å². The average molecular weight is 141 g/mol. The van der Waals surface area contributed by atoms with Crippen LogP contribution in [0.25, 0.3) is 0 Å². The number of carbonyl (C=O) groups excluding carboxylic acids is 3. The van der Waals surface area contributed by atoms with Gasteiger partial charge in [-0.05, 0) is 6.42 Å². The van der Waals surface area contributed by atoms with E-state index in [0.717, 1.165) is 0 Å². The van der Waals surface area contributed by atoms with Crippen molar-refractivity contribution in [3.8, 4) is 0 Å². The van der Waals surface area contributed by atoms with Crippen LogP contribution in [0.4, 0.5) is 0 Å². The number of rotatable bonds is 0. The Hall–Kier alpha value is -1.19. The van der Waals surface area contributed by atoms with E-state index in [1.165, 1.54) is 0 Å². The molecule has 1 saturated heterocycles. The second-order valence-electron chi connectivity index (χ2n) is 2.11. The first-order valence-electron chi connectivity index (χ1n) is 3.07. The molecule has 0 aromatic heterocycles. The fourth-order valence-corrected chi connectivity index (χ4v) is 0.771. The number of amides is 1. The van der Waals surface area contributed by atoms with Gasteiger partial charge in [0.25, 0.3) is 11.7 Å². The molecule has 1 aliphatic rings. The lowest BCUT2D eigenvalue weighted by atomic mass is 10.2. The van der Waals surface area contributed by atoms with Crippen LogP contribution in [0.2, 0.25) is 0 Å². The molecular formula is C6H7NO3. The van der Waals surface area contributed by atoms with Crippen LogP contribution >= 0.6 is 0 Å². The van der Waals surface area contributed by atoms with Crippen molar-refractivity contribution in [2.75, 3.05) is 6.54 Å². The third-order valence-corrected chi connectivity index (χ3v) is 1.33. The van der Waals surface area contributed by atoms with Crippen LogP contribution in [0, 0.1) is 0 Å². The Kier molecular flexibility index (Phi) is 1.80. The van der Waals surface area contributed by atoms with Crippen LogP contribution in [-0.4, -0.2) is 24.0 Å². The third-order valence-electron chi connectivity index (χ3n) is 1.33. The maximum Gasteiger partial charge on any atom is 0.295 e. The zero-order valence-corrected chi connectivity index (χ0v) is 5.35. The molecule has 0 unspecified atom stereocenters. The van der Waals surface area contributed by atoms with Gasteiger partial charge in [0.2, 0.25) is 5.78 Å². The Morgan fingerprint density at radius 3 is 2.60 bits per heavy atom. The van der Waals surface area contributed by atoms with E-state index in [-0.39, 0.29) is 6.42 Å².